The molecule has 0 saturated carbocycles. The Kier molecular flexibility index (Phi) is 3.49. The van der Waals surface area contributed by atoms with Crippen molar-refractivity contribution in [2.45, 2.75) is 32.2 Å². The van der Waals surface area contributed by atoms with Crippen LogP contribution in [-0.2, 0) is 13.0 Å². The number of hydrogen-bond donors (Lipinski definition) is 1. The smallest absolute Gasteiger partial charge is 0.211 e. The van der Waals surface area contributed by atoms with Crippen LogP contribution in [0, 0.1) is 11.3 Å². The van der Waals surface area contributed by atoms with E-state index in [4.69, 9.17) is 5.73 Å². The molecule has 2 N–H and O–H groups in total. The van der Waals surface area contributed by atoms with Crippen LogP contribution in [0.1, 0.15) is 46.6 Å². The summed E-state index contributed by atoms with van der Waals surface area (Å²) in [5.74, 6) is -0.0993. The molecule has 0 aliphatic carbocycles. The zero-order valence-corrected chi connectivity index (χ0v) is 11.8. The van der Waals surface area contributed by atoms with Crippen molar-refractivity contribution in [3.63, 3.8) is 0 Å². The second kappa shape index (κ2) is 5.45. The second-order valence-corrected chi connectivity index (χ2v) is 5.35. The molecule has 4 nitrogen and oxygen atoms in total. The number of hydrogen-bond acceptors (Lipinski definition) is 3. The summed E-state index contributed by atoms with van der Waals surface area (Å²) in [6.07, 6.45) is 3.98. The number of benzene rings is 1. The van der Waals surface area contributed by atoms with E-state index in [2.05, 4.69) is 6.07 Å². The normalized spacial score (nSPS) is 14.0. The minimum absolute atomic E-state index is 0.0993. The van der Waals surface area contributed by atoms with E-state index in [1.54, 1.807) is 12.1 Å². The van der Waals surface area contributed by atoms with Gasteiger partial charge in [0, 0.05) is 17.8 Å². The molecule has 0 amide bonds. The average Bonchev–Trinajstić information content (AvgIpc) is 2.67. The van der Waals surface area contributed by atoms with Crippen LogP contribution in [0.5, 0.6) is 0 Å². The Balaban J connectivity index is 2.17. The van der Waals surface area contributed by atoms with Crippen molar-refractivity contribution in [3.8, 4) is 6.07 Å². The highest BCUT2D eigenvalue weighted by Crippen LogP contribution is 2.31. The van der Waals surface area contributed by atoms with E-state index >= 15 is 0 Å². The molecule has 1 aliphatic rings. The van der Waals surface area contributed by atoms with Gasteiger partial charge >= 0.3 is 0 Å². The minimum atomic E-state index is -0.0993. The summed E-state index contributed by atoms with van der Waals surface area (Å²) in [5, 5.41) is 9.38. The lowest BCUT2D eigenvalue weighted by atomic mass is 10.1. The van der Waals surface area contributed by atoms with Crippen molar-refractivity contribution in [3.05, 3.63) is 52.8 Å². The van der Waals surface area contributed by atoms with E-state index in [0.29, 0.717) is 22.5 Å². The average molecular weight is 279 g/mol. The van der Waals surface area contributed by atoms with E-state index in [-0.39, 0.29) is 5.78 Å². The van der Waals surface area contributed by atoms with Crippen LogP contribution >= 0.6 is 0 Å². The molecule has 0 unspecified atom stereocenters. The lowest BCUT2D eigenvalue weighted by Gasteiger charge is -2.10. The molecule has 21 heavy (non-hydrogen) atoms. The Morgan fingerprint density at radius 3 is 2.67 bits per heavy atom. The fourth-order valence-corrected chi connectivity index (χ4v) is 3.03. The van der Waals surface area contributed by atoms with Crippen molar-refractivity contribution >= 4 is 11.5 Å². The molecule has 0 spiro atoms. The van der Waals surface area contributed by atoms with Gasteiger partial charge in [-0.15, -0.1) is 0 Å². The molecule has 3 rings (SSSR count). The first-order valence-corrected chi connectivity index (χ1v) is 7.24. The van der Waals surface area contributed by atoms with Gasteiger partial charge in [0.15, 0.2) is 0 Å². The highest BCUT2D eigenvalue weighted by atomic mass is 16.1. The number of nitrogens with zero attached hydrogens (tertiary/aromatic N) is 2. The topological polar surface area (TPSA) is 71.8 Å². The molecular formula is C17H17N3O. The van der Waals surface area contributed by atoms with E-state index in [0.717, 1.165) is 37.9 Å². The Bertz CT molecular complexity index is 723. The van der Waals surface area contributed by atoms with Crippen molar-refractivity contribution in [1.82, 2.24) is 4.57 Å². The Morgan fingerprint density at radius 2 is 1.95 bits per heavy atom. The maximum absolute atomic E-state index is 12.8. The third-order valence-electron chi connectivity index (χ3n) is 4.07. The summed E-state index contributed by atoms with van der Waals surface area (Å²) >= 11 is 0. The van der Waals surface area contributed by atoms with Crippen molar-refractivity contribution in [2.75, 3.05) is 5.73 Å². The number of carbonyl (C=O) groups excluding carboxylic acids is 1. The standard InChI is InChI=1S/C17H17N3O/c18-11-13-14-9-5-2-6-10-20(14)16(15(13)19)17(21)12-7-3-1-4-8-12/h1,3-4,7-8H,2,5-6,9-10,19H2. The van der Waals surface area contributed by atoms with Crippen molar-refractivity contribution < 1.29 is 4.79 Å². The summed E-state index contributed by atoms with van der Waals surface area (Å²) < 4.78 is 1.97. The van der Waals surface area contributed by atoms with Gasteiger partial charge < -0.3 is 10.3 Å². The Morgan fingerprint density at radius 1 is 1.19 bits per heavy atom. The first-order chi connectivity index (χ1) is 10.2. The number of nitrogens with two attached hydrogens (primary N) is 1. The molecular weight excluding hydrogens is 262 g/mol. The van der Waals surface area contributed by atoms with Gasteiger partial charge in [-0.1, -0.05) is 36.8 Å². The van der Waals surface area contributed by atoms with Gasteiger partial charge in [0.25, 0.3) is 0 Å². The number of nitrogen functional groups attached to an aromatic ring is 1. The zero-order valence-electron chi connectivity index (χ0n) is 11.8. The predicted octanol–water partition coefficient (Wildman–Crippen LogP) is 2.90. The molecule has 1 aromatic carbocycles. The zero-order chi connectivity index (χ0) is 14.8. The minimum Gasteiger partial charge on any atom is -0.396 e. The molecule has 0 bridgehead atoms. The number of nitriles is 1. The molecule has 4 heteroatoms. The van der Waals surface area contributed by atoms with E-state index in [9.17, 15) is 10.1 Å². The first kappa shape index (κ1) is 13.4. The summed E-state index contributed by atoms with van der Waals surface area (Å²) in [6, 6.07) is 11.3. The van der Waals surface area contributed by atoms with Gasteiger partial charge in [-0.3, -0.25) is 4.79 Å². The lowest BCUT2D eigenvalue weighted by molar-refractivity contribution is 0.103. The fraction of sp³-hybridized carbons (Fsp3) is 0.294. The summed E-state index contributed by atoms with van der Waals surface area (Å²) in [4.78, 5) is 12.8. The molecule has 0 fully saturated rings. The maximum Gasteiger partial charge on any atom is 0.211 e. The van der Waals surface area contributed by atoms with Crippen LogP contribution in [-0.4, -0.2) is 10.4 Å². The monoisotopic (exact) mass is 279 g/mol. The maximum atomic E-state index is 12.8. The van der Waals surface area contributed by atoms with Crippen molar-refractivity contribution in [1.29, 1.82) is 5.26 Å². The number of carbonyl (C=O) groups is 1. The van der Waals surface area contributed by atoms with E-state index in [1.165, 1.54) is 0 Å². The van der Waals surface area contributed by atoms with Crippen LogP contribution in [0.25, 0.3) is 0 Å². The predicted molar refractivity (Wildman–Crippen MR) is 81.0 cm³/mol. The van der Waals surface area contributed by atoms with Gasteiger partial charge in [-0.25, -0.2) is 0 Å². The van der Waals surface area contributed by atoms with Crippen LogP contribution < -0.4 is 5.73 Å². The number of anilines is 1. The Hall–Kier alpha value is -2.54. The number of rotatable bonds is 2. The number of ketones is 1. The van der Waals surface area contributed by atoms with Crippen LogP contribution in [0.3, 0.4) is 0 Å². The van der Waals surface area contributed by atoms with Gasteiger partial charge in [0.05, 0.1) is 11.3 Å². The van der Waals surface area contributed by atoms with Gasteiger partial charge in [-0.05, 0) is 19.3 Å². The molecule has 1 aromatic heterocycles. The largest absolute Gasteiger partial charge is 0.396 e. The summed E-state index contributed by atoms with van der Waals surface area (Å²) in [6.45, 7) is 0.759. The third-order valence-corrected chi connectivity index (χ3v) is 4.07. The first-order valence-electron chi connectivity index (χ1n) is 7.24. The van der Waals surface area contributed by atoms with Gasteiger partial charge in [0.1, 0.15) is 11.8 Å². The van der Waals surface area contributed by atoms with Crippen LogP contribution in [0.4, 0.5) is 5.69 Å². The molecule has 0 radical (unpaired) electrons. The van der Waals surface area contributed by atoms with Gasteiger partial charge in [-0.2, -0.15) is 5.26 Å². The van der Waals surface area contributed by atoms with Crippen LogP contribution in [0.2, 0.25) is 0 Å². The molecule has 106 valence electrons. The molecule has 1 aliphatic heterocycles. The van der Waals surface area contributed by atoms with E-state index in [1.807, 2.05) is 22.8 Å². The fourth-order valence-electron chi connectivity index (χ4n) is 3.03. The van der Waals surface area contributed by atoms with Gasteiger partial charge in [0.2, 0.25) is 5.78 Å². The molecule has 0 saturated heterocycles. The molecule has 2 aromatic rings. The Labute approximate surface area is 123 Å². The number of fused-ring (bicyclic) bond motifs is 1. The SMILES string of the molecule is N#Cc1c(N)c(C(=O)c2ccccc2)n2c1CCCCC2. The molecule has 0 atom stereocenters. The summed E-state index contributed by atoms with van der Waals surface area (Å²) in [5.41, 5.74) is 8.95. The second-order valence-electron chi connectivity index (χ2n) is 5.35. The lowest BCUT2D eigenvalue weighted by Crippen LogP contribution is -2.13. The summed E-state index contributed by atoms with van der Waals surface area (Å²) in [7, 11) is 0. The highest BCUT2D eigenvalue weighted by Gasteiger charge is 2.26. The van der Waals surface area contributed by atoms with E-state index < -0.39 is 0 Å². The van der Waals surface area contributed by atoms with Crippen molar-refractivity contribution in [2.24, 2.45) is 0 Å². The quantitative estimate of drug-likeness (QED) is 0.859. The van der Waals surface area contributed by atoms with Crippen LogP contribution in [0.15, 0.2) is 30.3 Å². The molecule has 2 heterocycles. The number of aromatic nitrogens is 1. The third kappa shape index (κ3) is 2.21. The highest BCUT2D eigenvalue weighted by molar-refractivity contribution is 6.12.